The van der Waals surface area contributed by atoms with Crippen LogP contribution in [0.5, 0.6) is 0 Å². The molecule has 1 amide bonds. The fraction of sp³-hybridized carbons (Fsp3) is 0.438. The monoisotopic (exact) mass is 286 g/mol. The summed E-state index contributed by atoms with van der Waals surface area (Å²) in [6.45, 7) is 3.85. The first-order valence-electron chi connectivity index (χ1n) is 6.82. The van der Waals surface area contributed by atoms with Crippen molar-refractivity contribution in [3.8, 4) is 6.07 Å². The van der Waals surface area contributed by atoms with E-state index in [0.29, 0.717) is 6.54 Å². The van der Waals surface area contributed by atoms with Crippen molar-refractivity contribution >= 4 is 11.9 Å². The van der Waals surface area contributed by atoms with Gasteiger partial charge in [0, 0.05) is 6.54 Å². The Labute approximate surface area is 123 Å². The summed E-state index contributed by atoms with van der Waals surface area (Å²) in [4.78, 5) is 25.2. The molecule has 1 saturated carbocycles. The molecule has 0 radical (unpaired) electrons. The van der Waals surface area contributed by atoms with Gasteiger partial charge in [-0.1, -0.05) is 44.2 Å². The summed E-state index contributed by atoms with van der Waals surface area (Å²) >= 11 is 0. The molecule has 5 heteroatoms. The molecule has 0 unspecified atom stereocenters. The average molecular weight is 286 g/mol. The van der Waals surface area contributed by atoms with Crippen molar-refractivity contribution < 1.29 is 14.7 Å². The lowest BCUT2D eigenvalue weighted by Crippen LogP contribution is -2.33. The molecule has 2 rings (SSSR count). The summed E-state index contributed by atoms with van der Waals surface area (Å²) in [6, 6.07) is 11.4. The van der Waals surface area contributed by atoms with E-state index in [4.69, 9.17) is 5.26 Å². The Morgan fingerprint density at radius 2 is 1.90 bits per heavy atom. The highest BCUT2D eigenvalue weighted by molar-refractivity contribution is 5.91. The summed E-state index contributed by atoms with van der Waals surface area (Å²) in [5.41, 5.74) is 0.374. The van der Waals surface area contributed by atoms with Crippen LogP contribution in [-0.2, 0) is 16.1 Å². The minimum atomic E-state index is -0.949. The summed E-state index contributed by atoms with van der Waals surface area (Å²) in [5.74, 6) is -2.41. The Kier molecular flexibility index (Phi) is 3.99. The van der Waals surface area contributed by atoms with Gasteiger partial charge in [-0.3, -0.25) is 9.59 Å². The molecule has 0 saturated heterocycles. The first kappa shape index (κ1) is 15.0. The number of nitriles is 1. The number of carboxylic acids is 1. The Bertz CT molecular complexity index is 589. The van der Waals surface area contributed by atoms with E-state index >= 15 is 0 Å². The number of rotatable bonds is 5. The Morgan fingerprint density at radius 3 is 2.38 bits per heavy atom. The second-order valence-electron chi connectivity index (χ2n) is 5.95. The lowest BCUT2D eigenvalue weighted by Gasteiger charge is -2.20. The third-order valence-corrected chi connectivity index (χ3v) is 4.15. The van der Waals surface area contributed by atoms with Crippen LogP contribution in [-0.4, -0.2) is 28.4 Å². The van der Waals surface area contributed by atoms with Crippen molar-refractivity contribution in [1.29, 1.82) is 5.26 Å². The molecule has 0 aromatic heterocycles. The SMILES string of the molecule is CC1(C)[C@H](C(=O)O)[C@@H]1C(=O)N(CC#N)Cc1ccccc1. The normalized spacial score (nSPS) is 22.1. The van der Waals surface area contributed by atoms with Gasteiger partial charge in [0.2, 0.25) is 5.91 Å². The number of carbonyl (C=O) groups is 2. The highest BCUT2D eigenvalue weighted by Crippen LogP contribution is 2.59. The van der Waals surface area contributed by atoms with Crippen LogP contribution in [0.3, 0.4) is 0 Å². The summed E-state index contributed by atoms with van der Waals surface area (Å²) < 4.78 is 0. The van der Waals surface area contributed by atoms with Crippen LogP contribution in [0, 0.1) is 28.6 Å². The smallest absolute Gasteiger partial charge is 0.307 e. The van der Waals surface area contributed by atoms with E-state index in [1.807, 2.05) is 36.4 Å². The zero-order chi connectivity index (χ0) is 15.6. The van der Waals surface area contributed by atoms with Crippen molar-refractivity contribution in [2.45, 2.75) is 20.4 Å². The van der Waals surface area contributed by atoms with Gasteiger partial charge >= 0.3 is 5.97 Å². The second-order valence-corrected chi connectivity index (χ2v) is 5.95. The highest BCUT2D eigenvalue weighted by atomic mass is 16.4. The van der Waals surface area contributed by atoms with Crippen molar-refractivity contribution in [3.63, 3.8) is 0 Å². The molecule has 1 aliphatic carbocycles. The lowest BCUT2D eigenvalue weighted by atomic mass is 10.1. The third kappa shape index (κ3) is 2.89. The van der Waals surface area contributed by atoms with Crippen molar-refractivity contribution in [1.82, 2.24) is 4.90 Å². The fourth-order valence-corrected chi connectivity index (χ4v) is 2.86. The molecule has 2 atom stereocenters. The van der Waals surface area contributed by atoms with Gasteiger partial charge in [-0.25, -0.2) is 0 Å². The van der Waals surface area contributed by atoms with Gasteiger partial charge in [0.15, 0.2) is 0 Å². The van der Waals surface area contributed by atoms with E-state index in [9.17, 15) is 14.7 Å². The Hall–Kier alpha value is -2.35. The van der Waals surface area contributed by atoms with Crippen molar-refractivity contribution in [2.24, 2.45) is 17.3 Å². The molecule has 0 aliphatic heterocycles. The van der Waals surface area contributed by atoms with E-state index in [0.717, 1.165) is 5.56 Å². The number of aliphatic carboxylic acids is 1. The van der Waals surface area contributed by atoms with Gasteiger partial charge in [0.1, 0.15) is 6.54 Å². The highest BCUT2D eigenvalue weighted by Gasteiger charge is 2.66. The van der Waals surface area contributed by atoms with E-state index in [-0.39, 0.29) is 12.5 Å². The molecule has 1 aliphatic rings. The number of carboxylic acid groups (broad SMARTS) is 1. The van der Waals surface area contributed by atoms with Gasteiger partial charge in [0.25, 0.3) is 0 Å². The first-order chi connectivity index (χ1) is 9.89. The Morgan fingerprint density at radius 1 is 1.29 bits per heavy atom. The van der Waals surface area contributed by atoms with E-state index < -0.39 is 23.2 Å². The second kappa shape index (κ2) is 5.57. The maximum absolute atomic E-state index is 12.5. The van der Waals surface area contributed by atoms with Crippen LogP contribution >= 0.6 is 0 Å². The number of carbonyl (C=O) groups excluding carboxylic acids is 1. The van der Waals surface area contributed by atoms with E-state index in [1.54, 1.807) is 13.8 Å². The maximum atomic E-state index is 12.5. The minimum absolute atomic E-state index is 0.0351. The van der Waals surface area contributed by atoms with E-state index in [2.05, 4.69) is 0 Å². The van der Waals surface area contributed by atoms with Gasteiger partial charge < -0.3 is 10.0 Å². The molecular formula is C16H18N2O3. The van der Waals surface area contributed by atoms with Gasteiger partial charge in [-0.15, -0.1) is 0 Å². The number of benzene rings is 1. The van der Waals surface area contributed by atoms with Crippen LogP contribution in [0.15, 0.2) is 30.3 Å². The topological polar surface area (TPSA) is 81.4 Å². The summed E-state index contributed by atoms with van der Waals surface area (Å²) in [7, 11) is 0. The number of hydrogen-bond donors (Lipinski definition) is 1. The quantitative estimate of drug-likeness (QED) is 0.838. The van der Waals surface area contributed by atoms with Crippen LogP contribution in [0.4, 0.5) is 0 Å². The molecule has 5 nitrogen and oxygen atoms in total. The molecule has 110 valence electrons. The van der Waals surface area contributed by atoms with Gasteiger partial charge in [-0.05, 0) is 11.0 Å². The Balaban J connectivity index is 2.14. The average Bonchev–Trinajstić information content (AvgIpc) is 3.02. The van der Waals surface area contributed by atoms with Crippen molar-refractivity contribution in [3.05, 3.63) is 35.9 Å². The van der Waals surface area contributed by atoms with Crippen LogP contribution in [0.25, 0.3) is 0 Å². The molecule has 21 heavy (non-hydrogen) atoms. The minimum Gasteiger partial charge on any atom is -0.481 e. The van der Waals surface area contributed by atoms with Gasteiger partial charge in [0.05, 0.1) is 17.9 Å². The number of hydrogen-bond acceptors (Lipinski definition) is 3. The summed E-state index contributed by atoms with van der Waals surface area (Å²) in [5, 5.41) is 18.1. The van der Waals surface area contributed by atoms with Crippen LogP contribution in [0.2, 0.25) is 0 Å². The zero-order valence-electron chi connectivity index (χ0n) is 12.1. The van der Waals surface area contributed by atoms with E-state index in [1.165, 1.54) is 4.90 Å². The molecule has 1 N–H and O–H groups in total. The number of nitrogens with zero attached hydrogens (tertiary/aromatic N) is 2. The molecule has 0 spiro atoms. The maximum Gasteiger partial charge on any atom is 0.307 e. The third-order valence-electron chi connectivity index (χ3n) is 4.15. The standard InChI is InChI=1S/C16H18N2O3/c1-16(2)12(13(16)15(20)21)14(19)18(9-8-17)10-11-6-4-3-5-7-11/h3-7,12-13H,9-10H2,1-2H3,(H,20,21)/t12-,13+/m1/s1. The van der Waals surface area contributed by atoms with Crippen LogP contribution < -0.4 is 0 Å². The molecule has 0 heterocycles. The predicted molar refractivity (Wildman–Crippen MR) is 75.9 cm³/mol. The van der Waals surface area contributed by atoms with Crippen LogP contribution in [0.1, 0.15) is 19.4 Å². The van der Waals surface area contributed by atoms with Gasteiger partial charge in [-0.2, -0.15) is 5.26 Å². The molecule has 1 aromatic rings. The molecule has 1 aromatic carbocycles. The largest absolute Gasteiger partial charge is 0.481 e. The predicted octanol–water partition coefficient (Wildman–Crippen LogP) is 1.90. The van der Waals surface area contributed by atoms with Crippen molar-refractivity contribution in [2.75, 3.05) is 6.54 Å². The molecule has 0 bridgehead atoms. The fourth-order valence-electron chi connectivity index (χ4n) is 2.86. The lowest BCUT2D eigenvalue weighted by molar-refractivity contribution is -0.142. The number of amides is 1. The first-order valence-corrected chi connectivity index (χ1v) is 6.82. The summed E-state index contributed by atoms with van der Waals surface area (Å²) in [6.07, 6.45) is 0. The molecular weight excluding hydrogens is 268 g/mol. The zero-order valence-corrected chi connectivity index (χ0v) is 12.1. The molecule has 1 fully saturated rings.